The van der Waals surface area contributed by atoms with Gasteiger partial charge in [0.1, 0.15) is 0 Å². The van der Waals surface area contributed by atoms with Gasteiger partial charge in [0.15, 0.2) is 8.32 Å². The van der Waals surface area contributed by atoms with Gasteiger partial charge < -0.3 is 9.16 Å². The molecule has 0 aromatic rings. The summed E-state index contributed by atoms with van der Waals surface area (Å²) >= 11 is 0. The first-order chi connectivity index (χ1) is 10.7. The molecule has 0 aliphatic heterocycles. The summed E-state index contributed by atoms with van der Waals surface area (Å²) in [6.45, 7) is 14.6. The number of hydrogen-bond acceptors (Lipinski definition) is 3. The third kappa shape index (κ3) is 6.64. The van der Waals surface area contributed by atoms with Crippen molar-refractivity contribution in [2.75, 3.05) is 13.2 Å². The second-order valence-electron chi connectivity index (χ2n) is 7.92. The highest BCUT2D eigenvalue weighted by atomic mass is 28.4. The van der Waals surface area contributed by atoms with E-state index in [0.29, 0.717) is 18.4 Å². The van der Waals surface area contributed by atoms with Crippen molar-refractivity contribution >= 4 is 14.3 Å². The Bertz CT molecular complexity index is 432. The molecule has 0 aromatic carbocycles. The smallest absolute Gasteiger partial charge is 0.330 e. The first-order valence-electron chi connectivity index (χ1n) is 8.83. The van der Waals surface area contributed by atoms with Crippen LogP contribution in [0.15, 0.2) is 24.3 Å². The van der Waals surface area contributed by atoms with E-state index in [0.717, 1.165) is 6.61 Å². The van der Waals surface area contributed by atoms with Gasteiger partial charge in [-0.3, -0.25) is 0 Å². The van der Waals surface area contributed by atoms with Crippen molar-refractivity contribution in [3.63, 3.8) is 0 Å². The van der Waals surface area contributed by atoms with E-state index >= 15 is 0 Å². The lowest BCUT2D eigenvalue weighted by molar-refractivity contribution is -0.137. The highest BCUT2D eigenvalue weighted by Crippen LogP contribution is 2.39. The summed E-state index contributed by atoms with van der Waals surface area (Å²) < 4.78 is 11.3. The number of esters is 1. The number of rotatable bonds is 7. The Morgan fingerprint density at radius 3 is 2.52 bits per heavy atom. The fourth-order valence-corrected chi connectivity index (χ4v) is 3.65. The lowest BCUT2D eigenvalue weighted by atomic mass is 9.96. The summed E-state index contributed by atoms with van der Waals surface area (Å²) in [5.74, 6) is 0.893. The molecule has 0 N–H and O–H groups in total. The van der Waals surface area contributed by atoms with Crippen LogP contribution in [0.1, 0.15) is 47.0 Å². The van der Waals surface area contributed by atoms with Crippen molar-refractivity contribution in [2.45, 2.75) is 65.1 Å². The summed E-state index contributed by atoms with van der Waals surface area (Å²) in [6, 6.07) is 0. The van der Waals surface area contributed by atoms with Crippen molar-refractivity contribution < 1.29 is 14.0 Å². The maximum atomic E-state index is 11.3. The van der Waals surface area contributed by atoms with Gasteiger partial charge in [-0.25, -0.2) is 4.79 Å². The van der Waals surface area contributed by atoms with Gasteiger partial charge in [-0.2, -0.15) is 0 Å². The van der Waals surface area contributed by atoms with E-state index in [1.54, 1.807) is 6.08 Å². The third-order valence-electron chi connectivity index (χ3n) is 5.17. The van der Waals surface area contributed by atoms with Crippen LogP contribution in [0.2, 0.25) is 18.1 Å². The molecule has 4 heteroatoms. The second-order valence-corrected chi connectivity index (χ2v) is 12.7. The number of hydrogen-bond donors (Lipinski definition) is 0. The zero-order valence-corrected chi connectivity index (χ0v) is 16.7. The largest absolute Gasteiger partial charge is 0.463 e. The summed E-state index contributed by atoms with van der Waals surface area (Å²) in [5, 5.41) is 0.263. The number of carbonyl (C=O) groups is 1. The van der Waals surface area contributed by atoms with Crippen molar-refractivity contribution in [2.24, 2.45) is 11.8 Å². The first-order valence-corrected chi connectivity index (χ1v) is 11.7. The number of ether oxygens (including phenoxy) is 1. The Hall–Kier alpha value is -0.873. The molecule has 3 nitrogen and oxygen atoms in total. The van der Waals surface area contributed by atoms with Crippen LogP contribution in [0.3, 0.4) is 0 Å². The van der Waals surface area contributed by atoms with E-state index in [9.17, 15) is 4.79 Å². The Balaban J connectivity index is 2.50. The Labute approximate surface area is 143 Å². The van der Waals surface area contributed by atoms with Gasteiger partial charge in [-0.1, -0.05) is 45.4 Å². The van der Waals surface area contributed by atoms with Gasteiger partial charge in [0.2, 0.25) is 0 Å². The summed E-state index contributed by atoms with van der Waals surface area (Å²) in [5.41, 5.74) is 0. The van der Waals surface area contributed by atoms with Crippen LogP contribution in [-0.2, 0) is 14.0 Å². The first kappa shape index (κ1) is 20.2. The average Bonchev–Trinajstić information content (AvgIpc) is 2.88. The van der Waals surface area contributed by atoms with Crippen molar-refractivity contribution in [3.05, 3.63) is 24.3 Å². The normalized spacial score (nSPS) is 23.0. The molecule has 0 aromatic heterocycles. The Kier molecular flexibility index (Phi) is 7.75. The van der Waals surface area contributed by atoms with Crippen LogP contribution in [0.4, 0.5) is 0 Å². The molecular formula is C19H34O3Si. The minimum Gasteiger partial charge on any atom is -0.463 e. The van der Waals surface area contributed by atoms with Crippen molar-refractivity contribution in [3.8, 4) is 0 Å². The maximum Gasteiger partial charge on any atom is 0.330 e. The predicted octanol–water partition coefficient (Wildman–Crippen LogP) is 5.10. The van der Waals surface area contributed by atoms with Crippen LogP contribution in [0.25, 0.3) is 0 Å². The molecule has 0 heterocycles. The zero-order valence-electron chi connectivity index (χ0n) is 15.7. The summed E-state index contributed by atoms with van der Waals surface area (Å²) in [6.07, 6.45) is 11.2. The molecule has 0 bridgehead atoms. The number of allylic oxidation sites excluding steroid dienone is 3. The van der Waals surface area contributed by atoms with Crippen molar-refractivity contribution in [1.82, 2.24) is 0 Å². The van der Waals surface area contributed by atoms with E-state index in [1.807, 2.05) is 13.0 Å². The minimum absolute atomic E-state index is 0.263. The SMILES string of the molecule is CCOC(=O)/C=C/C=C/[C@H]1CCC[C@H]1CO[Si](C)(C)C(C)(C)C. The predicted molar refractivity (Wildman–Crippen MR) is 98.9 cm³/mol. The topological polar surface area (TPSA) is 35.5 Å². The second kappa shape index (κ2) is 8.83. The monoisotopic (exact) mass is 338 g/mol. The van der Waals surface area contributed by atoms with Gasteiger partial charge in [0.25, 0.3) is 0 Å². The Morgan fingerprint density at radius 1 is 1.22 bits per heavy atom. The maximum absolute atomic E-state index is 11.3. The molecule has 23 heavy (non-hydrogen) atoms. The standard InChI is InChI=1S/C19H34O3Si/c1-7-21-18(20)14-9-8-11-16-12-10-13-17(16)15-22-23(5,6)19(2,3)4/h8-9,11,14,16-17H,7,10,12-13,15H2,1-6H3/b11-8+,14-9+/t16-,17-/m0/s1. The van der Waals surface area contributed by atoms with E-state index < -0.39 is 8.32 Å². The molecule has 0 unspecified atom stereocenters. The highest BCUT2D eigenvalue weighted by molar-refractivity contribution is 6.74. The van der Waals surface area contributed by atoms with Crippen LogP contribution in [0, 0.1) is 11.8 Å². The molecule has 0 saturated heterocycles. The number of carbonyl (C=O) groups excluding carboxylic acids is 1. The molecule has 132 valence electrons. The molecule has 0 amide bonds. The van der Waals surface area contributed by atoms with Gasteiger partial charge in [0.05, 0.1) is 6.61 Å². The highest BCUT2D eigenvalue weighted by Gasteiger charge is 2.38. The fourth-order valence-electron chi connectivity index (χ4n) is 2.59. The van der Waals surface area contributed by atoms with E-state index in [4.69, 9.17) is 9.16 Å². The van der Waals surface area contributed by atoms with E-state index in [1.165, 1.54) is 25.3 Å². The zero-order chi connectivity index (χ0) is 17.5. The van der Waals surface area contributed by atoms with Crippen LogP contribution >= 0.6 is 0 Å². The molecular weight excluding hydrogens is 304 g/mol. The van der Waals surface area contributed by atoms with Gasteiger partial charge in [-0.05, 0) is 49.7 Å². The molecule has 1 saturated carbocycles. The summed E-state index contributed by atoms with van der Waals surface area (Å²) in [4.78, 5) is 11.3. The molecule has 1 aliphatic rings. The van der Waals surface area contributed by atoms with Crippen LogP contribution < -0.4 is 0 Å². The van der Waals surface area contributed by atoms with E-state index in [2.05, 4.69) is 39.9 Å². The fraction of sp³-hybridized carbons (Fsp3) is 0.737. The van der Waals surface area contributed by atoms with Gasteiger partial charge >= 0.3 is 5.97 Å². The quantitative estimate of drug-likeness (QED) is 0.280. The van der Waals surface area contributed by atoms with Crippen LogP contribution in [0.5, 0.6) is 0 Å². The van der Waals surface area contributed by atoms with Gasteiger partial charge in [0, 0.05) is 12.7 Å². The van der Waals surface area contributed by atoms with Crippen molar-refractivity contribution in [1.29, 1.82) is 0 Å². The molecule has 1 fully saturated rings. The third-order valence-corrected chi connectivity index (χ3v) is 9.67. The minimum atomic E-state index is -1.66. The average molecular weight is 339 g/mol. The van der Waals surface area contributed by atoms with Gasteiger partial charge in [-0.15, -0.1) is 0 Å². The van der Waals surface area contributed by atoms with E-state index in [-0.39, 0.29) is 11.0 Å². The molecule has 0 radical (unpaired) electrons. The molecule has 1 rings (SSSR count). The lowest BCUT2D eigenvalue weighted by Gasteiger charge is -2.37. The Morgan fingerprint density at radius 2 is 1.91 bits per heavy atom. The molecule has 1 aliphatic carbocycles. The molecule has 0 spiro atoms. The van der Waals surface area contributed by atoms with Crippen LogP contribution in [-0.4, -0.2) is 27.5 Å². The molecule has 2 atom stereocenters. The summed E-state index contributed by atoms with van der Waals surface area (Å²) in [7, 11) is -1.66. The lowest BCUT2D eigenvalue weighted by Crippen LogP contribution is -2.42.